The lowest BCUT2D eigenvalue weighted by molar-refractivity contribution is 0.101. The number of carbonyl (C=O) groups is 2. The molecule has 0 fully saturated rings. The van der Waals surface area contributed by atoms with Crippen molar-refractivity contribution >= 4 is 95.8 Å². The van der Waals surface area contributed by atoms with Crippen molar-refractivity contribution in [2.75, 3.05) is 10.6 Å². The van der Waals surface area contributed by atoms with E-state index in [0.717, 1.165) is 30.1 Å². The van der Waals surface area contributed by atoms with Gasteiger partial charge in [-0.25, -0.2) is 36.3 Å². The van der Waals surface area contributed by atoms with Gasteiger partial charge in [-0.05, 0) is 66.2 Å². The summed E-state index contributed by atoms with van der Waals surface area (Å²) in [6.07, 6.45) is 3.40. The Hall–Kier alpha value is -5.50. The molecule has 0 saturated carbocycles. The van der Waals surface area contributed by atoms with Crippen LogP contribution < -0.4 is 16.2 Å². The largest absolute Gasteiger partial charge is 0.507 e. The zero-order valence-electron chi connectivity index (χ0n) is 31.7. The van der Waals surface area contributed by atoms with Gasteiger partial charge in [-0.2, -0.15) is 10.2 Å². The summed E-state index contributed by atoms with van der Waals surface area (Å²) < 4.78 is 84.1. The number of nitrogens with one attached hydrogen (secondary N) is 2. The summed E-state index contributed by atoms with van der Waals surface area (Å²) in [5, 5.41) is 37.9. The monoisotopic (exact) mass is 992 g/mol. The van der Waals surface area contributed by atoms with Gasteiger partial charge in [-0.1, -0.05) is 0 Å². The number of halogens is 7. The number of benzene rings is 2. The fourth-order valence-corrected chi connectivity index (χ4v) is 8.84. The maximum absolute atomic E-state index is 13.8. The van der Waals surface area contributed by atoms with Crippen molar-refractivity contribution in [1.82, 2.24) is 29.5 Å². The lowest BCUT2D eigenvalue weighted by Gasteiger charge is -2.05. The lowest BCUT2D eigenvalue weighted by atomic mass is 9.86. The molecule has 2 aromatic carbocycles. The molecule has 0 unspecified atom stereocenters. The van der Waals surface area contributed by atoms with E-state index in [9.17, 15) is 35.9 Å². The highest BCUT2D eigenvalue weighted by Crippen LogP contribution is 2.35. The third-order valence-corrected chi connectivity index (χ3v) is 12.3. The van der Waals surface area contributed by atoms with E-state index < -0.39 is 65.0 Å². The van der Waals surface area contributed by atoms with Gasteiger partial charge in [0.1, 0.15) is 67.4 Å². The summed E-state index contributed by atoms with van der Waals surface area (Å²) in [4.78, 5) is 33.1. The van der Waals surface area contributed by atoms with Crippen LogP contribution in [-0.4, -0.2) is 58.5 Å². The Morgan fingerprint density at radius 3 is 1.56 bits per heavy atom. The van der Waals surface area contributed by atoms with Crippen molar-refractivity contribution in [2.45, 2.75) is 26.9 Å². The van der Waals surface area contributed by atoms with Crippen LogP contribution in [0.5, 0.6) is 0 Å². The van der Waals surface area contributed by atoms with E-state index in [1.54, 1.807) is 47.4 Å². The van der Waals surface area contributed by atoms with Gasteiger partial charge in [0.2, 0.25) is 0 Å². The normalized spacial score (nSPS) is 10.8. The number of hydrogen-bond donors (Lipinski definition) is 4. The highest BCUT2D eigenvalue weighted by molar-refractivity contribution is 9.11. The molecule has 24 heteroatoms. The number of amides is 2. The van der Waals surface area contributed by atoms with E-state index >= 15 is 0 Å². The van der Waals surface area contributed by atoms with Crippen LogP contribution in [0.3, 0.4) is 0 Å². The summed E-state index contributed by atoms with van der Waals surface area (Å²) in [5.74, 6) is -9.08. The van der Waals surface area contributed by atoms with Crippen LogP contribution in [0.1, 0.15) is 34.6 Å². The second-order valence-corrected chi connectivity index (χ2v) is 17.5. The number of rotatable bonds is 10. The van der Waals surface area contributed by atoms with E-state index in [2.05, 4.69) is 46.7 Å². The first-order valence-corrected chi connectivity index (χ1v) is 21.9. The summed E-state index contributed by atoms with van der Waals surface area (Å²) in [6, 6.07) is 12.1. The average molecular weight is 994 g/mol. The first-order chi connectivity index (χ1) is 29.6. The van der Waals surface area contributed by atoms with Crippen LogP contribution >= 0.6 is 61.3 Å². The summed E-state index contributed by atoms with van der Waals surface area (Å²) in [7, 11) is -1.49. The molecule has 8 rings (SSSR count). The van der Waals surface area contributed by atoms with Gasteiger partial charge < -0.3 is 20.7 Å². The molecular weight excluding hydrogens is 965 g/mol. The zero-order valence-corrected chi connectivity index (χ0v) is 36.6. The highest BCUT2D eigenvalue weighted by Gasteiger charge is 2.23. The molecule has 0 bridgehead atoms. The minimum Gasteiger partial charge on any atom is -0.422 e. The van der Waals surface area contributed by atoms with Crippen LogP contribution in [0.4, 0.5) is 36.3 Å². The van der Waals surface area contributed by atoms with Crippen LogP contribution in [0, 0.1) is 34.9 Å². The third-order valence-electron chi connectivity index (χ3n) is 8.13. The molecule has 0 spiro atoms. The SMILES string of the molecule is CCn1nc(-c2nccs2)cc1-c1ccc(NC(=O)c2c(F)cc(F)cc2F)s1.CCn1nc(-c2nccs2)cc1B(O)O.O=C(Nc1ccc(Br)s1)c1c(F)cc(F)cc1F. The van der Waals surface area contributed by atoms with E-state index in [1.165, 1.54) is 45.3 Å². The van der Waals surface area contributed by atoms with E-state index in [0.29, 0.717) is 58.6 Å². The smallest absolute Gasteiger partial charge is 0.422 e. The van der Waals surface area contributed by atoms with Crippen molar-refractivity contribution < 1.29 is 46.0 Å². The van der Waals surface area contributed by atoms with Crippen molar-refractivity contribution in [2.24, 2.45) is 0 Å². The number of thiophene rings is 2. The molecule has 320 valence electrons. The number of carbonyl (C=O) groups excluding carboxylic acids is 2. The predicted octanol–water partition coefficient (Wildman–Crippen LogP) is 9.31. The second-order valence-electron chi connectivity index (χ2n) is 12.2. The van der Waals surface area contributed by atoms with Crippen molar-refractivity contribution in [3.8, 4) is 32.0 Å². The number of aromatic nitrogens is 6. The Labute approximate surface area is 372 Å². The van der Waals surface area contributed by atoms with E-state index in [-0.39, 0.29) is 0 Å². The topological polar surface area (TPSA) is 160 Å². The van der Waals surface area contributed by atoms with Crippen molar-refractivity contribution in [3.05, 3.63) is 134 Å². The third kappa shape index (κ3) is 11.1. The van der Waals surface area contributed by atoms with Gasteiger partial charge in [0.25, 0.3) is 11.8 Å². The van der Waals surface area contributed by atoms with Gasteiger partial charge in [0.05, 0.1) is 30.0 Å². The number of nitrogens with zero attached hydrogens (tertiary/aromatic N) is 6. The minimum absolute atomic E-state index is 0.391. The molecule has 0 atom stereocenters. The molecule has 0 aliphatic rings. The van der Waals surface area contributed by atoms with E-state index in [1.807, 2.05) is 35.4 Å². The van der Waals surface area contributed by atoms with Gasteiger partial charge in [0, 0.05) is 60.5 Å². The Morgan fingerprint density at radius 2 is 1.15 bits per heavy atom. The highest BCUT2D eigenvalue weighted by atomic mass is 79.9. The summed E-state index contributed by atoms with van der Waals surface area (Å²) in [6.45, 7) is 5.08. The molecule has 12 nitrogen and oxygen atoms in total. The number of aryl methyl sites for hydroxylation is 2. The molecule has 8 aromatic rings. The Bertz CT molecular complexity index is 2770. The van der Waals surface area contributed by atoms with E-state index in [4.69, 9.17) is 10.0 Å². The molecule has 0 radical (unpaired) electrons. The molecule has 6 aromatic heterocycles. The zero-order chi connectivity index (χ0) is 44.7. The molecular formula is C38H28BBrF6N8O4S4. The second kappa shape index (κ2) is 20.6. The summed E-state index contributed by atoms with van der Waals surface area (Å²) >= 11 is 8.56. The molecule has 62 heavy (non-hydrogen) atoms. The van der Waals surface area contributed by atoms with Crippen LogP contribution in [0.25, 0.3) is 32.0 Å². The first kappa shape index (κ1) is 46.0. The fraction of sp³-hybridized carbons (Fsp3) is 0.105. The van der Waals surface area contributed by atoms with Crippen molar-refractivity contribution in [3.63, 3.8) is 0 Å². The molecule has 0 aliphatic heterocycles. The maximum atomic E-state index is 13.8. The lowest BCUT2D eigenvalue weighted by Crippen LogP contribution is -2.36. The number of anilines is 2. The van der Waals surface area contributed by atoms with Gasteiger partial charge >= 0.3 is 7.12 Å². The maximum Gasteiger partial charge on any atom is 0.507 e. The molecule has 0 aliphatic carbocycles. The van der Waals surface area contributed by atoms with Gasteiger partial charge in [-0.15, -0.1) is 45.3 Å². The average Bonchev–Trinajstić information content (AvgIpc) is 4.06. The van der Waals surface area contributed by atoms with Crippen molar-refractivity contribution in [1.29, 1.82) is 0 Å². The fourth-order valence-electron chi connectivity index (χ4n) is 5.45. The molecule has 0 saturated heterocycles. The number of hydrogen-bond acceptors (Lipinski definition) is 12. The molecule has 4 N–H and O–H groups in total. The standard InChI is InChI=1S/C19H13F3N4OS2.C11H5BrF3NOS.C8H10BN3O2S/c1-2-26-14(9-13(25-26)19-23-5-6-28-19)15-3-4-16(29-15)24-18(27)17-11(21)7-10(20)8-12(17)22;12-8-1-2-9(18-8)16-11(17)10-6(14)3-5(13)4-7(10)15;1-2-12-7(9(13)14)5-6(11-12)8-10-3-4-15-8/h3-9H,2H2,1H3,(H,24,27);1-4H,(H,16,17);3-5,13-14H,2H2,1H3. The molecule has 6 heterocycles. The Morgan fingerprint density at radius 1 is 0.677 bits per heavy atom. The van der Waals surface area contributed by atoms with Crippen LogP contribution in [0.15, 0.2) is 87.6 Å². The molecule has 2 amide bonds. The van der Waals surface area contributed by atoms with Gasteiger partial charge in [0.15, 0.2) is 0 Å². The van der Waals surface area contributed by atoms with Crippen LogP contribution in [0.2, 0.25) is 0 Å². The van der Waals surface area contributed by atoms with Crippen LogP contribution in [-0.2, 0) is 13.1 Å². The van der Waals surface area contributed by atoms with Gasteiger partial charge in [-0.3, -0.25) is 19.0 Å². The first-order valence-electron chi connectivity index (χ1n) is 17.7. The number of thiazole rings is 2. The predicted molar refractivity (Wildman–Crippen MR) is 232 cm³/mol. The minimum atomic E-state index is -1.49. The Balaban J connectivity index is 0.000000167. The quantitative estimate of drug-likeness (QED) is 0.0780. The summed E-state index contributed by atoms with van der Waals surface area (Å²) in [5.41, 5.74) is 1.01. The Kier molecular flexibility index (Phi) is 15.3.